The number of carbonyl (C=O) groups is 1. The maximum Gasteiger partial charge on any atom is 0.225 e. The quantitative estimate of drug-likeness (QED) is 0.826. The van der Waals surface area contributed by atoms with Gasteiger partial charge >= 0.3 is 0 Å². The van der Waals surface area contributed by atoms with E-state index in [2.05, 4.69) is 22.1 Å². The van der Waals surface area contributed by atoms with Crippen molar-refractivity contribution in [1.29, 1.82) is 0 Å². The first-order valence-electron chi connectivity index (χ1n) is 6.77. The normalized spacial score (nSPS) is 10.9. The second-order valence-electron chi connectivity index (χ2n) is 5.86. The number of hydrogen-bond donors (Lipinski definition) is 2. The lowest BCUT2D eigenvalue weighted by atomic mass is 9.98. The fraction of sp³-hybridized carbons (Fsp3) is 0.353. The molecule has 1 aromatic carbocycles. The second kappa shape index (κ2) is 5.83. The van der Waals surface area contributed by atoms with Crippen LogP contribution in [0.1, 0.15) is 26.3 Å². The summed E-state index contributed by atoms with van der Waals surface area (Å²) in [5.41, 5.74) is 2.05. The molecule has 0 bridgehead atoms. The molecule has 2 N–H and O–H groups in total. The maximum absolute atomic E-state index is 11.9. The average molecular weight is 268 g/mol. The molecule has 0 spiro atoms. The van der Waals surface area contributed by atoms with Gasteiger partial charge in [-0.3, -0.25) is 4.79 Å². The number of fused-ring (bicyclic) bond motifs is 1. The maximum atomic E-state index is 11.9. The fourth-order valence-electron chi connectivity index (χ4n) is 1.97. The van der Waals surface area contributed by atoms with Gasteiger partial charge in [0.1, 0.15) is 0 Å². The molecule has 2 aromatic rings. The van der Waals surface area contributed by atoms with Gasteiger partial charge in [-0.1, -0.05) is 30.0 Å². The Morgan fingerprint density at radius 1 is 1.30 bits per heavy atom. The van der Waals surface area contributed by atoms with Gasteiger partial charge in [0, 0.05) is 22.5 Å². The van der Waals surface area contributed by atoms with Gasteiger partial charge < -0.3 is 10.3 Å². The molecule has 104 valence electrons. The molecular formula is C17H20N2O. The predicted molar refractivity (Wildman–Crippen MR) is 82.2 cm³/mol. The summed E-state index contributed by atoms with van der Waals surface area (Å²) in [4.78, 5) is 15.1. The summed E-state index contributed by atoms with van der Waals surface area (Å²) in [6.07, 6.45) is 2.27. The molecule has 0 unspecified atom stereocenters. The van der Waals surface area contributed by atoms with E-state index in [0.717, 1.165) is 16.5 Å². The van der Waals surface area contributed by atoms with Gasteiger partial charge in [-0.2, -0.15) is 0 Å². The van der Waals surface area contributed by atoms with Crippen LogP contribution in [-0.2, 0) is 11.2 Å². The van der Waals surface area contributed by atoms with Crippen molar-refractivity contribution in [3.63, 3.8) is 0 Å². The summed E-state index contributed by atoms with van der Waals surface area (Å²) >= 11 is 0. The highest BCUT2D eigenvalue weighted by atomic mass is 16.1. The van der Waals surface area contributed by atoms with Crippen molar-refractivity contribution < 1.29 is 4.79 Å². The largest absolute Gasteiger partial charge is 0.361 e. The molecule has 1 heterocycles. The lowest BCUT2D eigenvalue weighted by Crippen LogP contribution is -2.25. The summed E-state index contributed by atoms with van der Waals surface area (Å²) in [6.45, 7) is 6.55. The number of rotatable bonds is 3. The van der Waals surface area contributed by atoms with Crippen LogP contribution in [0.5, 0.6) is 0 Å². The van der Waals surface area contributed by atoms with E-state index in [1.54, 1.807) is 0 Å². The molecule has 0 saturated carbocycles. The Balaban J connectivity index is 1.93. The lowest BCUT2D eigenvalue weighted by Gasteiger charge is -2.07. The summed E-state index contributed by atoms with van der Waals surface area (Å²) in [5, 5.41) is 3.93. The highest BCUT2D eigenvalue weighted by Gasteiger charge is 2.07. The Hall–Kier alpha value is -2.21. The molecule has 0 saturated heterocycles. The van der Waals surface area contributed by atoms with Gasteiger partial charge in [0.2, 0.25) is 5.91 Å². The smallest absolute Gasteiger partial charge is 0.225 e. The SMILES string of the molecule is CC(C)(C)C#CCNC(=O)Cc1c[nH]c2ccccc12. The van der Waals surface area contributed by atoms with Gasteiger partial charge in [-0.25, -0.2) is 0 Å². The third-order valence-electron chi connectivity index (χ3n) is 2.86. The van der Waals surface area contributed by atoms with Gasteiger partial charge in [0.05, 0.1) is 13.0 Å². The highest BCUT2D eigenvalue weighted by Crippen LogP contribution is 2.17. The molecule has 3 nitrogen and oxygen atoms in total. The number of hydrogen-bond acceptors (Lipinski definition) is 1. The van der Waals surface area contributed by atoms with E-state index in [1.807, 2.05) is 51.2 Å². The number of aromatic nitrogens is 1. The minimum absolute atomic E-state index is 0.00189. The van der Waals surface area contributed by atoms with Crippen LogP contribution in [0.25, 0.3) is 10.9 Å². The number of H-pyrrole nitrogens is 1. The van der Waals surface area contributed by atoms with Crippen LogP contribution >= 0.6 is 0 Å². The van der Waals surface area contributed by atoms with Gasteiger partial charge in [0.25, 0.3) is 0 Å². The zero-order chi connectivity index (χ0) is 14.6. The number of amides is 1. The van der Waals surface area contributed by atoms with Gasteiger partial charge in [-0.05, 0) is 32.4 Å². The molecule has 1 amide bonds. The summed E-state index contributed by atoms with van der Waals surface area (Å²) < 4.78 is 0. The Morgan fingerprint density at radius 2 is 2.05 bits per heavy atom. The number of aromatic amines is 1. The highest BCUT2D eigenvalue weighted by molar-refractivity contribution is 5.88. The van der Waals surface area contributed by atoms with E-state index in [1.165, 1.54) is 0 Å². The molecule has 0 radical (unpaired) electrons. The summed E-state index contributed by atoms with van der Waals surface area (Å²) in [6, 6.07) is 7.98. The number of para-hydroxylation sites is 1. The monoisotopic (exact) mass is 268 g/mol. The first kappa shape index (κ1) is 14.2. The van der Waals surface area contributed by atoms with Crippen molar-refractivity contribution in [1.82, 2.24) is 10.3 Å². The third kappa shape index (κ3) is 3.89. The van der Waals surface area contributed by atoms with Crippen LogP contribution < -0.4 is 5.32 Å². The lowest BCUT2D eigenvalue weighted by molar-refractivity contribution is -0.120. The zero-order valence-corrected chi connectivity index (χ0v) is 12.2. The van der Waals surface area contributed by atoms with Crippen molar-refractivity contribution >= 4 is 16.8 Å². The van der Waals surface area contributed by atoms with Gasteiger partial charge in [-0.15, -0.1) is 0 Å². The molecule has 2 rings (SSSR count). The van der Waals surface area contributed by atoms with Crippen molar-refractivity contribution in [3.8, 4) is 11.8 Å². The average Bonchev–Trinajstić information content (AvgIpc) is 2.77. The number of carbonyl (C=O) groups excluding carboxylic acids is 1. The minimum atomic E-state index is -0.0262. The van der Waals surface area contributed by atoms with Gasteiger partial charge in [0.15, 0.2) is 0 Å². The van der Waals surface area contributed by atoms with Crippen LogP contribution in [0.15, 0.2) is 30.5 Å². The first-order chi connectivity index (χ1) is 9.46. The number of benzene rings is 1. The Labute approximate surface area is 119 Å². The van der Waals surface area contributed by atoms with Crippen molar-refractivity contribution in [2.75, 3.05) is 6.54 Å². The van der Waals surface area contributed by atoms with Crippen LogP contribution in [0.3, 0.4) is 0 Å². The Morgan fingerprint density at radius 3 is 2.80 bits per heavy atom. The molecule has 0 aliphatic heterocycles. The van der Waals surface area contributed by atoms with E-state index in [-0.39, 0.29) is 11.3 Å². The first-order valence-corrected chi connectivity index (χ1v) is 6.77. The molecule has 0 atom stereocenters. The summed E-state index contributed by atoms with van der Waals surface area (Å²) in [7, 11) is 0. The third-order valence-corrected chi connectivity index (χ3v) is 2.86. The van der Waals surface area contributed by atoms with Crippen LogP contribution in [0.4, 0.5) is 0 Å². The Bertz CT molecular complexity index is 665. The Kier molecular flexibility index (Phi) is 4.14. The van der Waals surface area contributed by atoms with E-state index in [0.29, 0.717) is 13.0 Å². The zero-order valence-electron chi connectivity index (χ0n) is 12.2. The second-order valence-corrected chi connectivity index (χ2v) is 5.86. The molecule has 0 aliphatic rings. The van der Waals surface area contributed by atoms with Crippen LogP contribution in [0, 0.1) is 17.3 Å². The standard InChI is InChI=1S/C17H20N2O/c1-17(2,3)9-6-10-18-16(20)11-13-12-19-15-8-5-4-7-14(13)15/h4-5,7-8,12,19H,10-11H2,1-3H3,(H,18,20). The van der Waals surface area contributed by atoms with Crippen molar-refractivity contribution in [2.24, 2.45) is 5.41 Å². The fourth-order valence-corrected chi connectivity index (χ4v) is 1.97. The van der Waals surface area contributed by atoms with E-state index in [9.17, 15) is 4.79 Å². The van der Waals surface area contributed by atoms with Crippen LogP contribution in [-0.4, -0.2) is 17.4 Å². The minimum Gasteiger partial charge on any atom is -0.361 e. The predicted octanol–water partition coefficient (Wildman–Crippen LogP) is 2.88. The topological polar surface area (TPSA) is 44.9 Å². The molecule has 0 aliphatic carbocycles. The molecular weight excluding hydrogens is 248 g/mol. The summed E-state index contributed by atoms with van der Waals surface area (Å²) in [5.74, 6) is 6.08. The van der Waals surface area contributed by atoms with E-state index in [4.69, 9.17) is 0 Å². The molecule has 3 heteroatoms. The van der Waals surface area contributed by atoms with Crippen LogP contribution in [0.2, 0.25) is 0 Å². The molecule has 1 aromatic heterocycles. The molecule has 0 fully saturated rings. The van der Waals surface area contributed by atoms with Crippen molar-refractivity contribution in [3.05, 3.63) is 36.0 Å². The van der Waals surface area contributed by atoms with E-state index < -0.39 is 0 Å². The van der Waals surface area contributed by atoms with E-state index >= 15 is 0 Å². The molecule has 20 heavy (non-hydrogen) atoms. The van der Waals surface area contributed by atoms with Crippen molar-refractivity contribution in [2.45, 2.75) is 27.2 Å². The number of nitrogens with one attached hydrogen (secondary N) is 2.